The summed E-state index contributed by atoms with van der Waals surface area (Å²) in [5, 5.41) is 0. The van der Waals surface area contributed by atoms with E-state index >= 15 is 0 Å². The largest absolute Gasteiger partial charge is 0.0916 e. The highest BCUT2D eigenvalue weighted by Crippen LogP contribution is 2.27. The van der Waals surface area contributed by atoms with E-state index in [9.17, 15) is 0 Å². The SMILES string of the molecule is CCCCC(=C[Si](C)(C)C)/C1=C/CCCCCC1. The highest BCUT2D eigenvalue weighted by Gasteiger charge is 2.14. The fourth-order valence-corrected chi connectivity index (χ4v) is 4.07. The Balaban J connectivity index is 2.82. The molecule has 0 aromatic rings. The molecule has 0 aromatic carbocycles. The molecule has 0 atom stereocenters. The van der Waals surface area contributed by atoms with Crippen molar-refractivity contribution in [3.05, 3.63) is 22.9 Å². The summed E-state index contributed by atoms with van der Waals surface area (Å²) in [4.78, 5) is 0. The van der Waals surface area contributed by atoms with Gasteiger partial charge < -0.3 is 0 Å². The van der Waals surface area contributed by atoms with Crippen molar-refractivity contribution < 1.29 is 0 Å². The summed E-state index contributed by atoms with van der Waals surface area (Å²) in [6, 6.07) is 0. The summed E-state index contributed by atoms with van der Waals surface area (Å²) >= 11 is 0. The fourth-order valence-electron chi connectivity index (χ4n) is 2.70. The lowest BCUT2D eigenvalue weighted by atomic mass is 9.93. The molecule has 1 rings (SSSR count). The molecule has 0 radical (unpaired) electrons. The topological polar surface area (TPSA) is 0 Å². The maximum Gasteiger partial charge on any atom is 0.0690 e. The van der Waals surface area contributed by atoms with Crippen LogP contribution in [0.4, 0.5) is 0 Å². The van der Waals surface area contributed by atoms with Gasteiger partial charge in [-0.1, -0.05) is 63.2 Å². The summed E-state index contributed by atoms with van der Waals surface area (Å²) in [7, 11) is -1.09. The first-order chi connectivity index (χ1) is 8.53. The van der Waals surface area contributed by atoms with E-state index in [0.29, 0.717) is 0 Å². The molecule has 0 bridgehead atoms. The van der Waals surface area contributed by atoms with Gasteiger partial charge in [-0.25, -0.2) is 0 Å². The molecule has 0 heterocycles. The molecule has 1 heteroatoms. The maximum absolute atomic E-state index is 2.66. The number of rotatable bonds is 5. The number of hydrogen-bond acceptors (Lipinski definition) is 0. The first-order valence-corrected chi connectivity index (χ1v) is 11.5. The summed E-state index contributed by atoms with van der Waals surface area (Å²) < 4.78 is 0. The number of unbranched alkanes of at least 4 members (excludes halogenated alkanes) is 1. The Morgan fingerprint density at radius 2 is 1.89 bits per heavy atom. The van der Waals surface area contributed by atoms with Gasteiger partial charge in [-0.3, -0.25) is 0 Å². The van der Waals surface area contributed by atoms with Crippen molar-refractivity contribution in [3.63, 3.8) is 0 Å². The Labute approximate surface area is 116 Å². The van der Waals surface area contributed by atoms with Crippen molar-refractivity contribution in [2.24, 2.45) is 0 Å². The Bertz CT molecular complexity index is 291. The van der Waals surface area contributed by atoms with Gasteiger partial charge in [-0.2, -0.15) is 0 Å². The van der Waals surface area contributed by atoms with Crippen molar-refractivity contribution in [2.45, 2.75) is 84.4 Å². The van der Waals surface area contributed by atoms with Crippen LogP contribution in [0.1, 0.15) is 64.7 Å². The Hall–Kier alpha value is -0.303. The average molecular weight is 265 g/mol. The van der Waals surface area contributed by atoms with E-state index in [-0.39, 0.29) is 0 Å². The smallest absolute Gasteiger partial charge is 0.0690 e. The molecule has 0 amide bonds. The Morgan fingerprint density at radius 3 is 2.56 bits per heavy atom. The second kappa shape index (κ2) is 7.99. The van der Waals surface area contributed by atoms with Crippen LogP contribution in [0.2, 0.25) is 19.6 Å². The molecule has 0 saturated heterocycles. The zero-order chi connectivity index (χ0) is 13.4. The minimum Gasteiger partial charge on any atom is -0.0916 e. The van der Waals surface area contributed by atoms with Crippen LogP contribution >= 0.6 is 0 Å². The third-order valence-electron chi connectivity index (χ3n) is 3.61. The predicted octanol–water partition coefficient (Wildman–Crippen LogP) is 6.26. The van der Waals surface area contributed by atoms with E-state index in [0.717, 1.165) is 0 Å². The molecule has 1 aliphatic carbocycles. The van der Waals surface area contributed by atoms with Gasteiger partial charge in [0.2, 0.25) is 0 Å². The van der Waals surface area contributed by atoms with Crippen LogP contribution in [-0.2, 0) is 0 Å². The normalized spacial score (nSPS) is 22.0. The third-order valence-corrected chi connectivity index (χ3v) is 4.82. The van der Waals surface area contributed by atoms with Crippen LogP contribution in [-0.4, -0.2) is 8.07 Å². The molecule has 0 fully saturated rings. The van der Waals surface area contributed by atoms with Crippen LogP contribution in [0.5, 0.6) is 0 Å². The molecule has 0 spiro atoms. The molecule has 0 aromatic heterocycles. The lowest BCUT2D eigenvalue weighted by molar-refractivity contribution is 0.623. The van der Waals surface area contributed by atoms with Crippen LogP contribution in [0.25, 0.3) is 0 Å². The van der Waals surface area contributed by atoms with Crippen molar-refractivity contribution in [2.75, 3.05) is 0 Å². The molecule has 18 heavy (non-hydrogen) atoms. The fraction of sp³-hybridized carbons (Fsp3) is 0.765. The van der Waals surface area contributed by atoms with Gasteiger partial charge in [-0.05, 0) is 44.1 Å². The van der Waals surface area contributed by atoms with Gasteiger partial charge in [0.25, 0.3) is 0 Å². The van der Waals surface area contributed by atoms with E-state index in [2.05, 4.69) is 38.3 Å². The van der Waals surface area contributed by atoms with Gasteiger partial charge in [-0.15, -0.1) is 0 Å². The van der Waals surface area contributed by atoms with Gasteiger partial charge in [0.15, 0.2) is 0 Å². The predicted molar refractivity (Wildman–Crippen MR) is 86.7 cm³/mol. The number of hydrogen-bond donors (Lipinski definition) is 0. The summed E-state index contributed by atoms with van der Waals surface area (Å²) in [5.41, 5.74) is 6.07. The standard InChI is InChI=1S/C17H32Si/c1-5-6-12-17(15-18(2,3)4)16-13-10-8-7-9-11-14-16/h13,15H,5-12,14H2,1-4H3/b16-13+,17-15?. The maximum atomic E-state index is 2.66. The van der Waals surface area contributed by atoms with Crippen molar-refractivity contribution >= 4 is 8.07 Å². The molecule has 104 valence electrons. The van der Waals surface area contributed by atoms with E-state index < -0.39 is 8.07 Å². The van der Waals surface area contributed by atoms with Crippen molar-refractivity contribution in [1.82, 2.24) is 0 Å². The molecule has 0 N–H and O–H groups in total. The van der Waals surface area contributed by atoms with Gasteiger partial charge >= 0.3 is 0 Å². The minimum absolute atomic E-state index is 1.09. The van der Waals surface area contributed by atoms with E-state index in [1.807, 2.05) is 0 Å². The molecular formula is C17H32Si. The minimum atomic E-state index is -1.09. The third kappa shape index (κ3) is 6.58. The highest BCUT2D eigenvalue weighted by molar-refractivity contribution is 6.81. The highest BCUT2D eigenvalue weighted by atomic mass is 28.3. The molecule has 1 aliphatic rings. The van der Waals surface area contributed by atoms with Crippen LogP contribution in [0, 0.1) is 0 Å². The van der Waals surface area contributed by atoms with E-state index in [1.165, 1.54) is 57.8 Å². The molecule has 0 aliphatic heterocycles. The molecule has 0 nitrogen and oxygen atoms in total. The first kappa shape index (κ1) is 15.8. The van der Waals surface area contributed by atoms with Crippen LogP contribution < -0.4 is 0 Å². The van der Waals surface area contributed by atoms with Gasteiger partial charge in [0.1, 0.15) is 0 Å². The molecule has 0 saturated carbocycles. The van der Waals surface area contributed by atoms with Crippen molar-refractivity contribution in [3.8, 4) is 0 Å². The second-order valence-electron chi connectivity index (χ2n) is 6.82. The second-order valence-corrected chi connectivity index (χ2v) is 11.8. The zero-order valence-electron chi connectivity index (χ0n) is 13.0. The van der Waals surface area contributed by atoms with Crippen LogP contribution in [0.3, 0.4) is 0 Å². The van der Waals surface area contributed by atoms with E-state index in [1.54, 1.807) is 11.1 Å². The van der Waals surface area contributed by atoms with Crippen LogP contribution in [0.15, 0.2) is 22.9 Å². The van der Waals surface area contributed by atoms with Crippen molar-refractivity contribution in [1.29, 1.82) is 0 Å². The summed E-state index contributed by atoms with van der Waals surface area (Å²) in [6.45, 7) is 9.69. The van der Waals surface area contributed by atoms with Gasteiger partial charge in [0.05, 0.1) is 8.07 Å². The zero-order valence-corrected chi connectivity index (χ0v) is 14.0. The summed E-state index contributed by atoms with van der Waals surface area (Å²) in [6.07, 6.45) is 14.9. The average Bonchev–Trinajstić information content (AvgIpc) is 2.22. The lowest BCUT2D eigenvalue weighted by Crippen LogP contribution is -2.17. The number of allylic oxidation sites excluding steroid dienone is 3. The van der Waals surface area contributed by atoms with E-state index in [4.69, 9.17) is 0 Å². The molecule has 0 unspecified atom stereocenters. The monoisotopic (exact) mass is 264 g/mol. The Kier molecular flexibility index (Phi) is 6.99. The Morgan fingerprint density at radius 1 is 1.17 bits per heavy atom. The van der Waals surface area contributed by atoms with Gasteiger partial charge in [0, 0.05) is 0 Å². The first-order valence-electron chi connectivity index (χ1n) is 7.94. The summed E-state index contributed by atoms with van der Waals surface area (Å²) in [5.74, 6) is 0. The lowest BCUT2D eigenvalue weighted by Gasteiger charge is -2.19. The molecular weight excluding hydrogens is 232 g/mol. The quantitative estimate of drug-likeness (QED) is 0.514.